The largest absolute Gasteiger partial charge is 0.365 e. The summed E-state index contributed by atoms with van der Waals surface area (Å²) in [6, 6.07) is 24.4. The lowest BCUT2D eigenvalue weighted by molar-refractivity contribution is -0.925. The lowest BCUT2D eigenvalue weighted by atomic mass is 10.1. The van der Waals surface area contributed by atoms with E-state index < -0.39 is 0 Å². The van der Waals surface area contributed by atoms with Crippen LogP contribution in [0.1, 0.15) is 15.9 Å². The molecular weight excluding hydrogens is 336 g/mol. The highest BCUT2D eigenvalue weighted by atomic mass is 16.5. The maximum Gasteiger partial charge on any atom is 0.251 e. The van der Waals surface area contributed by atoms with Crippen molar-refractivity contribution in [2.45, 2.75) is 12.6 Å². The third-order valence-electron chi connectivity index (χ3n) is 5.12. The highest BCUT2D eigenvalue weighted by Gasteiger charge is 2.24. The van der Waals surface area contributed by atoms with Gasteiger partial charge >= 0.3 is 0 Å². The van der Waals surface area contributed by atoms with E-state index in [1.54, 1.807) is 0 Å². The fourth-order valence-electron chi connectivity index (χ4n) is 3.67. The van der Waals surface area contributed by atoms with Gasteiger partial charge < -0.3 is 15.0 Å². The van der Waals surface area contributed by atoms with Crippen molar-refractivity contribution in [2.24, 2.45) is 0 Å². The van der Waals surface area contributed by atoms with Gasteiger partial charge in [-0.2, -0.15) is 0 Å². The second-order valence-electron chi connectivity index (χ2n) is 7.13. The lowest BCUT2D eigenvalue weighted by Gasteiger charge is -2.30. The van der Waals surface area contributed by atoms with Crippen molar-refractivity contribution in [3.63, 3.8) is 0 Å². The zero-order valence-electron chi connectivity index (χ0n) is 15.4. The molecule has 1 aliphatic rings. The minimum Gasteiger partial charge on any atom is -0.365 e. The third-order valence-corrected chi connectivity index (χ3v) is 5.12. The van der Waals surface area contributed by atoms with Gasteiger partial charge in [-0.15, -0.1) is 0 Å². The molecule has 3 aromatic rings. The van der Waals surface area contributed by atoms with Gasteiger partial charge in [0.05, 0.1) is 6.61 Å². The number of fused-ring (bicyclic) bond motifs is 1. The monoisotopic (exact) mass is 361 g/mol. The van der Waals surface area contributed by atoms with Gasteiger partial charge in [-0.25, -0.2) is 0 Å². The van der Waals surface area contributed by atoms with Crippen molar-refractivity contribution >= 4 is 16.7 Å². The average molecular weight is 361 g/mol. The Bertz CT molecular complexity index is 910. The number of benzene rings is 3. The molecule has 27 heavy (non-hydrogen) atoms. The minimum absolute atomic E-state index is 0.0421. The molecule has 0 aromatic heterocycles. The molecule has 4 nitrogen and oxygen atoms in total. The molecule has 138 valence electrons. The van der Waals surface area contributed by atoms with E-state index in [9.17, 15) is 4.79 Å². The van der Waals surface area contributed by atoms with Crippen LogP contribution < -0.4 is 10.2 Å². The smallest absolute Gasteiger partial charge is 0.251 e. The molecule has 4 heteroatoms. The molecule has 1 unspecified atom stereocenters. The first-order chi connectivity index (χ1) is 13.3. The van der Waals surface area contributed by atoms with Gasteiger partial charge in [0, 0.05) is 17.7 Å². The van der Waals surface area contributed by atoms with Crippen LogP contribution in [0.15, 0.2) is 72.8 Å². The maximum atomic E-state index is 12.5. The zero-order chi connectivity index (χ0) is 18.5. The van der Waals surface area contributed by atoms with Crippen LogP contribution in [0.2, 0.25) is 0 Å². The van der Waals surface area contributed by atoms with Crippen molar-refractivity contribution in [3.8, 4) is 0 Å². The molecular formula is C23H25N2O2+. The van der Waals surface area contributed by atoms with E-state index in [2.05, 4.69) is 35.6 Å². The third kappa shape index (κ3) is 4.54. The van der Waals surface area contributed by atoms with Crippen molar-refractivity contribution < 1.29 is 14.4 Å². The van der Waals surface area contributed by atoms with Crippen LogP contribution in [0.4, 0.5) is 0 Å². The molecule has 1 heterocycles. The van der Waals surface area contributed by atoms with Crippen molar-refractivity contribution in [2.75, 3.05) is 26.2 Å². The number of quaternary nitrogens is 1. The van der Waals surface area contributed by atoms with Crippen LogP contribution in [0, 0.1) is 0 Å². The molecule has 0 saturated carbocycles. The quantitative estimate of drug-likeness (QED) is 0.731. The van der Waals surface area contributed by atoms with E-state index >= 15 is 0 Å². The van der Waals surface area contributed by atoms with E-state index in [1.165, 1.54) is 10.5 Å². The normalized spacial score (nSPS) is 19.7. The molecule has 1 fully saturated rings. The minimum atomic E-state index is -0.0421. The summed E-state index contributed by atoms with van der Waals surface area (Å²) < 4.78 is 5.87. The van der Waals surface area contributed by atoms with E-state index in [0.29, 0.717) is 12.1 Å². The SMILES string of the molecule is O=C(NC[C@H]1C[NH+](Cc2ccccc2)CCO1)c1ccc2ccccc2c1. The Balaban J connectivity index is 1.32. The maximum absolute atomic E-state index is 12.5. The van der Waals surface area contributed by atoms with Crippen molar-refractivity contribution in [1.82, 2.24) is 5.32 Å². The number of nitrogens with one attached hydrogen (secondary N) is 2. The van der Waals surface area contributed by atoms with Gasteiger partial charge in [-0.3, -0.25) is 4.79 Å². The molecule has 1 aliphatic heterocycles. The topological polar surface area (TPSA) is 42.8 Å². The van der Waals surface area contributed by atoms with Gasteiger partial charge in [0.15, 0.2) is 0 Å². The number of hydrogen-bond donors (Lipinski definition) is 2. The predicted molar refractivity (Wildman–Crippen MR) is 107 cm³/mol. The first-order valence-corrected chi connectivity index (χ1v) is 9.54. The molecule has 0 aliphatic carbocycles. The first-order valence-electron chi connectivity index (χ1n) is 9.54. The van der Waals surface area contributed by atoms with Gasteiger partial charge in [0.1, 0.15) is 25.7 Å². The summed E-state index contributed by atoms with van der Waals surface area (Å²) >= 11 is 0. The molecule has 0 radical (unpaired) electrons. The second-order valence-corrected chi connectivity index (χ2v) is 7.13. The standard InChI is InChI=1S/C23H24N2O2/c26-23(21-11-10-19-8-4-5-9-20(19)14-21)24-15-22-17-25(12-13-27-22)16-18-6-2-1-3-7-18/h1-11,14,22H,12-13,15-17H2,(H,24,26)/p+1/t22-/m0/s1. The van der Waals surface area contributed by atoms with Crippen molar-refractivity contribution in [1.29, 1.82) is 0 Å². The second kappa shape index (κ2) is 8.33. The van der Waals surface area contributed by atoms with E-state index in [-0.39, 0.29) is 12.0 Å². The van der Waals surface area contributed by atoms with E-state index in [1.807, 2.05) is 42.5 Å². The molecule has 2 N–H and O–H groups in total. The molecule has 3 aromatic carbocycles. The Morgan fingerprint density at radius 2 is 1.78 bits per heavy atom. The van der Waals surface area contributed by atoms with Crippen LogP contribution in [-0.4, -0.2) is 38.3 Å². The summed E-state index contributed by atoms with van der Waals surface area (Å²) in [7, 11) is 0. The van der Waals surface area contributed by atoms with Gasteiger partial charge in [-0.1, -0.05) is 60.7 Å². The average Bonchev–Trinajstić information content (AvgIpc) is 2.73. The lowest BCUT2D eigenvalue weighted by Crippen LogP contribution is -3.13. The Labute approximate surface area is 159 Å². The summed E-state index contributed by atoms with van der Waals surface area (Å²) in [5.41, 5.74) is 2.03. The molecule has 1 saturated heterocycles. The number of hydrogen-bond acceptors (Lipinski definition) is 2. The Hall–Kier alpha value is -2.69. The number of rotatable bonds is 5. The molecule has 2 atom stereocenters. The van der Waals surface area contributed by atoms with E-state index in [0.717, 1.165) is 37.0 Å². The fraction of sp³-hybridized carbons (Fsp3) is 0.261. The number of carbonyl (C=O) groups excluding carboxylic acids is 1. The van der Waals surface area contributed by atoms with Crippen LogP contribution in [0.3, 0.4) is 0 Å². The first kappa shape index (κ1) is 17.7. The summed E-state index contributed by atoms with van der Waals surface area (Å²) in [5.74, 6) is -0.0421. The van der Waals surface area contributed by atoms with Crippen molar-refractivity contribution in [3.05, 3.63) is 83.9 Å². The summed E-state index contributed by atoms with van der Waals surface area (Å²) in [5, 5.41) is 5.26. The molecule has 0 bridgehead atoms. The van der Waals surface area contributed by atoms with Gasteiger partial charge in [0.2, 0.25) is 0 Å². The van der Waals surface area contributed by atoms with Gasteiger partial charge in [0.25, 0.3) is 5.91 Å². The summed E-state index contributed by atoms with van der Waals surface area (Å²) in [4.78, 5) is 14.0. The van der Waals surface area contributed by atoms with Crippen LogP contribution in [0.25, 0.3) is 10.8 Å². The number of carbonyl (C=O) groups is 1. The summed E-state index contributed by atoms with van der Waals surface area (Å²) in [6.07, 6.45) is 0.0573. The Kier molecular flexibility index (Phi) is 5.47. The highest BCUT2D eigenvalue weighted by molar-refractivity contribution is 5.98. The summed E-state index contributed by atoms with van der Waals surface area (Å²) in [6.45, 7) is 4.19. The molecule has 0 spiro atoms. The van der Waals surface area contributed by atoms with Crippen LogP contribution in [0.5, 0.6) is 0 Å². The van der Waals surface area contributed by atoms with Gasteiger partial charge in [-0.05, 0) is 22.9 Å². The Morgan fingerprint density at radius 1 is 1.00 bits per heavy atom. The van der Waals surface area contributed by atoms with E-state index in [4.69, 9.17) is 4.74 Å². The van der Waals surface area contributed by atoms with Crippen LogP contribution >= 0.6 is 0 Å². The number of ether oxygens (including phenoxy) is 1. The fourth-order valence-corrected chi connectivity index (χ4v) is 3.67. The highest BCUT2D eigenvalue weighted by Crippen LogP contribution is 2.15. The molecule has 4 rings (SSSR count). The Morgan fingerprint density at radius 3 is 2.63 bits per heavy atom. The predicted octanol–water partition coefficient (Wildman–Crippen LogP) is 2.05. The molecule has 1 amide bonds. The number of amides is 1. The van der Waals surface area contributed by atoms with Crippen LogP contribution in [-0.2, 0) is 11.3 Å². The number of morpholine rings is 1. The zero-order valence-corrected chi connectivity index (χ0v) is 15.4.